The lowest BCUT2D eigenvalue weighted by atomic mass is 9.45. The van der Waals surface area contributed by atoms with Crippen molar-refractivity contribution in [3.8, 4) is 0 Å². The van der Waals surface area contributed by atoms with Crippen LogP contribution >= 0.6 is 0 Å². The Labute approximate surface area is 168 Å². The Morgan fingerprint density at radius 3 is 2.79 bits per heavy atom. The van der Waals surface area contributed by atoms with Crippen LogP contribution in [0, 0.1) is 34.5 Å². The molecule has 4 saturated carbocycles. The molecule has 0 aromatic heterocycles. The Morgan fingerprint density at radius 2 is 2.00 bits per heavy atom. The lowest BCUT2D eigenvalue weighted by molar-refractivity contribution is -0.139. The maximum Gasteiger partial charge on any atom is 0.173 e. The molecule has 5 aliphatic rings. The molecule has 6 unspecified atom stereocenters. The lowest BCUT2D eigenvalue weighted by Gasteiger charge is -2.59. The van der Waals surface area contributed by atoms with Gasteiger partial charge in [-0.1, -0.05) is 19.0 Å². The third-order valence-corrected chi connectivity index (χ3v) is 9.54. The molecule has 0 bridgehead atoms. The second-order valence-electron chi connectivity index (χ2n) is 10.8. The minimum absolute atomic E-state index is 0.0974. The number of nitrogens with zero attached hydrogens (tertiary/aromatic N) is 1. The number of halogens is 1. The van der Waals surface area contributed by atoms with Crippen molar-refractivity contribution >= 4 is 11.5 Å². The van der Waals surface area contributed by atoms with Gasteiger partial charge >= 0.3 is 0 Å². The van der Waals surface area contributed by atoms with Gasteiger partial charge in [0.25, 0.3) is 0 Å². The van der Waals surface area contributed by atoms with Crippen molar-refractivity contribution in [2.75, 3.05) is 13.1 Å². The number of Topliss-reactive ketones (excluding diaryl/α,β-unsaturated/α-hetero) is 1. The van der Waals surface area contributed by atoms with Gasteiger partial charge in [-0.05, 0) is 87.0 Å². The molecular weight excluding hydrogens is 355 g/mol. The van der Waals surface area contributed by atoms with Crippen molar-refractivity contribution in [3.63, 3.8) is 0 Å². The van der Waals surface area contributed by atoms with Crippen LogP contribution in [0.25, 0.3) is 0 Å². The zero-order valence-corrected chi connectivity index (χ0v) is 17.4. The fourth-order valence-electron chi connectivity index (χ4n) is 7.76. The predicted molar refractivity (Wildman–Crippen MR) is 107 cm³/mol. The van der Waals surface area contributed by atoms with Crippen LogP contribution in [0.5, 0.6) is 0 Å². The summed E-state index contributed by atoms with van der Waals surface area (Å²) in [4.78, 5) is 18.3. The molecular formula is C23H35FN2O2. The molecule has 0 aromatic rings. The minimum Gasteiger partial charge on any atom is -0.391 e. The summed E-state index contributed by atoms with van der Waals surface area (Å²) < 4.78 is 14.3. The third-order valence-electron chi connectivity index (χ3n) is 9.54. The molecule has 1 aliphatic heterocycles. The van der Waals surface area contributed by atoms with Crippen LogP contribution in [0.4, 0.5) is 4.39 Å². The summed E-state index contributed by atoms with van der Waals surface area (Å²) in [5.41, 5.74) is 1.16. The maximum absolute atomic E-state index is 14.3. The molecule has 1 heterocycles. The van der Waals surface area contributed by atoms with E-state index in [1.807, 2.05) is 0 Å². The minimum atomic E-state index is -1.22. The van der Waals surface area contributed by atoms with E-state index in [0.717, 1.165) is 51.6 Å². The Kier molecular flexibility index (Phi) is 4.61. The number of hydrogen-bond acceptors (Lipinski definition) is 4. The third kappa shape index (κ3) is 2.79. The first-order valence-electron chi connectivity index (χ1n) is 11.5. The molecule has 1 saturated heterocycles. The van der Waals surface area contributed by atoms with Crippen LogP contribution in [-0.2, 0) is 9.63 Å². The van der Waals surface area contributed by atoms with E-state index in [2.05, 4.69) is 24.3 Å². The number of carbonyl (C=O) groups excluding carboxylic acids is 1. The number of alkyl halides is 1. The Morgan fingerprint density at radius 1 is 1.14 bits per heavy atom. The first-order chi connectivity index (χ1) is 13.4. The number of fused-ring (bicyclic) bond motifs is 5. The highest BCUT2D eigenvalue weighted by atomic mass is 19.1. The molecule has 28 heavy (non-hydrogen) atoms. The van der Waals surface area contributed by atoms with Gasteiger partial charge in [0.1, 0.15) is 6.10 Å². The van der Waals surface area contributed by atoms with Crippen LogP contribution < -0.4 is 5.32 Å². The van der Waals surface area contributed by atoms with Crippen LogP contribution in [0.2, 0.25) is 0 Å². The topological polar surface area (TPSA) is 50.7 Å². The van der Waals surface area contributed by atoms with Crippen molar-refractivity contribution in [1.82, 2.24) is 5.32 Å². The number of ketones is 1. The Bertz CT molecular complexity index is 676. The summed E-state index contributed by atoms with van der Waals surface area (Å²) >= 11 is 0. The molecule has 1 N–H and O–H groups in total. The molecule has 4 nitrogen and oxygen atoms in total. The summed E-state index contributed by atoms with van der Waals surface area (Å²) in [6.07, 6.45) is 8.15. The van der Waals surface area contributed by atoms with Crippen LogP contribution in [0.1, 0.15) is 71.6 Å². The van der Waals surface area contributed by atoms with Gasteiger partial charge in [-0.15, -0.1) is 0 Å². The van der Waals surface area contributed by atoms with Gasteiger partial charge in [-0.25, -0.2) is 4.39 Å². The van der Waals surface area contributed by atoms with Crippen LogP contribution in [-0.4, -0.2) is 36.9 Å². The van der Waals surface area contributed by atoms with Crippen molar-refractivity contribution < 1.29 is 14.0 Å². The van der Waals surface area contributed by atoms with Crippen molar-refractivity contribution in [2.24, 2.45) is 39.7 Å². The number of oxime groups is 1. The van der Waals surface area contributed by atoms with E-state index >= 15 is 0 Å². The van der Waals surface area contributed by atoms with Crippen LogP contribution in [0.15, 0.2) is 5.16 Å². The smallest absolute Gasteiger partial charge is 0.173 e. The molecule has 0 aromatic carbocycles. The first kappa shape index (κ1) is 19.0. The van der Waals surface area contributed by atoms with Gasteiger partial charge < -0.3 is 10.2 Å². The fourth-order valence-corrected chi connectivity index (χ4v) is 7.76. The van der Waals surface area contributed by atoms with Crippen molar-refractivity contribution in [2.45, 2.75) is 83.9 Å². The second kappa shape index (κ2) is 6.78. The van der Waals surface area contributed by atoms with E-state index in [-0.39, 0.29) is 17.8 Å². The lowest BCUT2D eigenvalue weighted by Crippen LogP contribution is -2.53. The second-order valence-corrected chi connectivity index (χ2v) is 10.8. The van der Waals surface area contributed by atoms with Gasteiger partial charge in [-0.3, -0.25) is 4.79 Å². The first-order valence-corrected chi connectivity index (χ1v) is 11.5. The van der Waals surface area contributed by atoms with E-state index in [1.165, 1.54) is 18.6 Å². The molecule has 5 heteroatoms. The number of rotatable bonds is 2. The zero-order valence-electron chi connectivity index (χ0n) is 17.4. The summed E-state index contributed by atoms with van der Waals surface area (Å²) in [6.45, 7) is 6.49. The Hall–Kier alpha value is -0.970. The summed E-state index contributed by atoms with van der Waals surface area (Å²) in [5, 5.41) is 7.88. The zero-order chi connectivity index (χ0) is 19.5. The molecule has 0 spiro atoms. The van der Waals surface area contributed by atoms with Crippen molar-refractivity contribution in [3.05, 3.63) is 0 Å². The predicted octanol–water partition coefficient (Wildman–Crippen LogP) is 4.28. The summed E-state index contributed by atoms with van der Waals surface area (Å²) in [5.74, 6) is 2.00. The Balaban J connectivity index is 1.31. The number of nitrogens with one attached hydrogen (secondary N) is 1. The average molecular weight is 391 g/mol. The summed E-state index contributed by atoms with van der Waals surface area (Å²) in [7, 11) is 0. The fraction of sp³-hybridized carbons (Fsp3) is 0.913. The van der Waals surface area contributed by atoms with E-state index < -0.39 is 11.6 Å². The normalized spacial score (nSPS) is 52.2. The van der Waals surface area contributed by atoms with Crippen molar-refractivity contribution in [1.29, 1.82) is 0 Å². The van der Waals surface area contributed by atoms with Gasteiger partial charge in [0, 0.05) is 18.4 Å². The monoisotopic (exact) mass is 390 g/mol. The van der Waals surface area contributed by atoms with Crippen LogP contribution in [0.3, 0.4) is 0 Å². The van der Waals surface area contributed by atoms with E-state index in [9.17, 15) is 9.18 Å². The standard InChI is InChI=1S/C23H35FN2O2/c1-22-8-5-15(26-28-16-7-10-25-13-16)11-14(22)3-4-17-18(22)6-9-23(2)19(17)12-20(24)21(23)27/h14,16-20,25H,3-13H2,1-2H3/b26-15+/t14?,16?,17?,18?,19?,20?,22-,23-/m0/s1. The van der Waals surface area contributed by atoms with Gasteiger partial charge in [0.05, 0.1) is 5.71 Å². The molecule has 5 fully saturated rings. The van der Waals surface area contributed by atoms with E-state index in [0.29, 0.717) is 29.6 Å². The van der Waals surface area contributed by atoms with E-state index in [4.69, 9.17) is 4.84 Å². The molecule has 5 rings (SSSR count). The van der Waals surface area contributed by atoms with Gasteiger partial charge in [-0.2, -0.15) is 0 Å². The molecule has 8 atom stereocenters. The largest absolute Gasteiger partial charge is 0.391 e. The highest BCUT2D eigenvalue weighted by Crippen LogP contribution is 2.65. The van der Waals surface area contributed by atoms with Gasteiger partial charge in [0.15, 0.2) is 12.0 Å². The van der Waals surface area contributed by atoms with E-state index in [1.54, 1.807) is 0 Å². The highest BCUT2D eigenvalue weighted by molar-refractivity contribution is 5.91. The molecule has 156 valence electrons. The molecule has 0 radical (unpaired) electrons. The number of hydrogen-bond donors (Lipinski definition) is 1. The highest BCUT2D eigenvalue weighted by Gasteiger charge is 2.62. The SMILES string of the molecule is C[C@]12CC/C(=N\OC3CCNC3)CC1CCC1C2CC[C@]2(C)C(=O)C(F)CC12. The number of carbonyl (C=O) groups is 1. The summed E-state index contributed by atoms with van der Waals surface area (Å²) in [6, 6.07) is 0. The quantitative estimate of drug-likeness (QED) is 0.716. The molecule has 4 aliphatic carbocycles. The molecule has 0 amide bonds. The maximum atomic E-state index is 14.3. The van der Waals surface area contributed by atoms with Gasteiger partial charge in [0.2, 0.25) is 0 Å². The average Bonchev–Trinajstić information content (AvgIpc) is 3.28.